The summed E-state index contributed by atoms with van der Waals surface area (Å²) in [5, 5.41) is 3.63. The second-order valence-corrected chi connectivity index (χ2v) is 7.70. The number of benzene rings is 1. The van der Waals surface area contributed by atoms with E-state index in [0.717, 1.165) is 40.8 Å². The van der Waals surface area contributed by atoms with Gasteiger partial charge >= 0.3 is 5.97 Å². The molecule has 2 heterocycles. The number of nitrogens with one attached hydrogen (secondary N) is 1. The van der Waals surface area contributed by atoms with Crippen LogP contribution in [0.1, 0.15) is 37.2 Å². The molecule has 0 amide bonds. The molecule has 0 saturated heterocycles. The first kappa shape index (κ1) is 19.5. The van der Waals surface area contributed by atoms with Crippen molar-refractivity contribution < 1.29 is 9.53 Å². The largest absolute Gasteiger partial charge is 0.466 e. The lowest BCUT2D eigenvalue weighted by atomic mass is 10.0. The molecule has 1 N–H and O–H groups in total. The Balaban J connectivity index is 1.65. The highest BCUT2D eigenvalue weighted by Gasteiger charge is 2.25. The van der Waals surface area contributed by atoms with Gasteiger partial charge in [-0.2, -0.15) is 0 Å². The maximum absolute atomic E-state index is 11.5. The monoisotopic (exact) mass is 386 g/mol. The van der Waals surface area contributed by atoms with Gasteiger partial charge in [0.15, 0.2) is 0 Å². The summed E-state index contributed by atoms with van der Waals surface area (Å²) in [5.41, 5.74) is 2.20. The lowest BCUT2D eigenvalue weighted by Crippen LogP contribution is -2.31. The molecule has 0 saturated carbocycles. The summed E-state index contributed by atoms with van der Waals surface area (Å²) >= 11 is 1.67. The smallest absolute Gasteiger partial charge is 0.306 e. The standard InChI is InChI=1S/C20H26N4O2S/c1-4-26-19(25)9-11-27-16-7-5-6-15(12-16)23-18-8-10-24(3)20-17(18)13-21-14(2)22-20/h5-7,12-13,18,23H,4,8-11H2,1-3H3. The van der Waals surface area contributed by atoms with E-state index in [9.17, 15) is 4.79 Å². The third-order valence-electron chi connectivity index (χ3n) is 4.46. The van der Waals surface area contributed by atoms with E-state index in [0.29, 0.717) is 18.8 Å². The van der Waals surface area contributed by atoms with Crippen LogP contribution in [-0.2, 0) is 9.53 Å². The number of ether oxygens (including phenoxy) is 1. The maximum Gasteiger partial charge on any atom is 0.306 e. The number of aromatic nitrogens is 2. The zero-order chi connectivity index (χ0) is 19.2. The van der Waals surface area contributed by atoms with Gasteiger partial charge in [-0.25, -0.2) is 9.97 Å². The first-order valence-electron chi connectivity index (χ1n) is 9.26. The van der Waals surface area contributed by atoms with Crippen LogP contribution in [0.3, 0.4) is 0 Å². The first-order chi connectivity index (χ1) is 13.1. The summed E-state index contributed by atoms with van der Waals surface area (Å²) in [6, 6.07) is 8.49. The Morgan fingerprint density at radius 3 is 3.11 bits per heavy atom. The zero-order valence-corrected chi connectivity index (χ0v) is 16.9. The lowest BCUT2D eigenvalue weighted by molar-refractivity contribution is -0.142. The molecule has 0 aliphatic carbocycles. The molecule has 1 atom stereocenters. The topological polar surface area (TPSA) is 67.3 Å². The molecule has 6 nitrogen and oxygen atoms in total. The highest BCUT2D eigenvalue weighted by molar-refractivity contribution is 7.99. The molecular formula is C20H26N4O2S. The van der Waals surface area contributed by atoms with Gasteiger partial charge in [0, 0.05) is 41.7 Å². The van der Waals surface area contributed by atoms with Crippen LogP contribution in [0.5, 0.6) is 0 Å². The highest BCUT2D eigenvalue weighted by atomic mass is 32.2. The van der Waals surface area contributed by atoms with E-state index in [-0.39, 0.29) is 12.0 Å². The van der Waals surface area contributed by atoms with Gasteiger partial charge in [0.05, 0.1) is 19.1 Å². The van der Waals surface area contributed by atoms with E-state index < -0.39 is 0 Å². The van der Waals surface area contributed by atoms with Gasteiger partial charge in [0.25, 0.3) is 0 Å². The molecule has 1 aromatic heterocycles. The Morgan fingerprint density at radius 1 is 1.44 bits per heavy atom. The molecule has 1 aliphatic rings. The Hall–Kier alpha value is -2.28. The molecule has 0 fully saturated rings. The molecule has 7 heteroatoms. The SMILES string of the molecule is CCOC(=O)CCSc1cccc(NC2CCN(C)c3nc(C)ncc32)c1. The predicted octanol–water partition coefficient (Wildman–Crippen LogP) is 3.82. The van der Waals surface area contributed by atoms with Crippen LogP contribution in [0.4, 0.5) is 11.5 Å². The number of aryl methyl sites for hydroxylation is 1. The van der Waals surface area contributed by atoms with Crippen molar-refractivity contribution in [2.45, 2.75) is 37.6 Å². The molecule has 1 unspecified atom stereocenters. The van der Waals surface area contributed by atoms with Gasteiger partial charge in [-0.1, -0.05) is 6.07 Å². The number of esters is 1. The fourth-order valence-corrected chi connectivity index (χ4v) is 4.00. The Labute approximate surface area is 164 Å². The number of nitrogens with zero attached hydrogens (tertiary/aromatic N) is 3. The van der Waals surface area contributed by atoms with Crippen molar-refractivity contribution in [2.24, 2.45) is 0 Å². The van der Waals surface area contributed by atoms with Gasteiger partial charge in [-0.05, 0) is 38.5 Å². The summed E-state index contributed by atoms with van der Waals surface area (Å²) in [4.78, 5) is 23.8. The van der Waals surface area contributed by atoms with Gasteiger partial charge in [0.2, 0.25) is 0 Å². The van der Waals surface area contributed by atoms with Crippen molar-refractivity contribution in [3.63, 3.8) is 0 Å². The maximum atomic E-state index is 11.5. The molecule has 0 radical (unpaired) electrons. The van der Waals surface area contributed by atoms with Gasteiger partial charge in [0.1, 0.15) is 11.6 Å². The number of carbonyl (C=O) groups excluding carboxylic acids is 1. The fraction of sp³-hybridized carbons (Fsp3) is 0.450. The number of rotatable bonds is 7. The lowest BCUT2D eigenvalue weighted by Gasteiger charge is -2.32. The minimum Gasteiger partial charge on any atom is -0.466 e. The second-order valence-electron chi connectivity index (χ2n) is 6.53. The number of thioether (sulfide) groups is 1. The molecular weight excluding hydrogens is 360 g/mol. The van der Waals surface area contributed by atoms with Crippen LogP contribution in [0.2, 0.25) is 0 Å². The first-order valence-corrected chi connectivity index (χ1v) is 10.2. The summed E-state index contributed by atoms with van der Waals surface area (Å²) in [6.45, 7) is 5.13. The Kier molecular flexibility index (Phi) is 6.55. The van der Waals surface area contributed by atoms with Gasteiger partial charge < -0.3 is 15.0 Å². The number of hydrogen-bond donors (Lipinski definition) is 1. The average Bonchev–Trinajstić information content (AvgIpc) is 2.65. The zero-order valence-electron chi connectivity index (χ0n) is 16.1. The van der Waals surface area contributed by atoms with E-state index in [4.69, 9.17) is 4.74 Å². The molecule has 144 valence electrons. The van der Waals surface area contributed by atoms with Crippen molar-refractivity contribution in [3.8, 4) is 0 Å². The highest BCUT2D eigenvalue weighted by Crippen LogP contribution is 2.34. The molecule has 0 spiro atoms. The van der Waals surface area contributed by atoms with Crippen LogP contribution >= 0.6 is 11.8 Å². The normalized spacial score (nSPS) is 16.0. The second kappa shape index (κ2) is 9.08. The molecule has 3 rings (SSSR count). The van der Waals surface area contributed by atoms with Crippen LogP contribution in [0, 0.1) is 6.92 Å². The Morgan fingerprint density at radius 2 is 2.30 bits per heavy atom. The third kappa shape index (κ3) is 5.13. The average molecular weight is 387 g/mol. The summed E-state index contributed by atoms with van der Waals surface area (Å²) in [6.07, 6.45) is 3.36. The number of hydrogen-bond acceptors (Lipinski definition) is 7. The summed E-state index contributed by atoms with van der Waals surface area (Å²) in [5.74, 6) is 2.37. The Bertz CT molecular complexity index is 799. The third-order valence-corrected chi connectivity index (χ3v) is 5.46. The van der Waals surface area contributed by atoms with Crippen molar-refractivity contribution >= 4 is 29.2 Å². The number of carbonyl (C=O) groups is 1. The van der Waals surface area contributed by atoms with Crippen LogP contribution in [-0.4, -0.2) is 41.9 Å². The van der Waals surface area contributed by atoms with E-state index in [1.807, 2.05) is 26.1 Å². The van der Waals surface area contributed by atoms with Gasteiger partial charge in [-0.3, -0.25) is 4.79 Å². The molecule has 1 aromatic carbocycles. The fourth-order valence-electron chi connectivity index (χ4n) is 3.12. The van der Waals surface area contributed by atoms with Crippen LogP contribution in [0.15, 0.2) is 35.4 Å². The van der Waals surface area contributed by atoms with E-state index in [1.54, 1.807) is 11.8 Å². The number of anilines is 2. The van der Waals surface area contributed by atoms with E-state index in [2.05, 4.69) is 45.4 Å². The molecule has 27 heavy (non-hydrogen) atoms. The number of fused-ring (bicyclic) bond motifs is 1. The van der Waals surface area contributed by atoms with E-state index in [1.165, 1.54) is 0 Å². The van der Waals surface area contributed by atoms with Crippen molar-refractivity contribution in [1.29, 1.82) is 0 Å². The van der Waals surface area contributed by atoms with Crippen LogP contribution < -0.4 is 10.2 Å². The van der Waals surface area contributed by atoms with Gasteiger partial charge in [-0.15, -0.1) is 11.8 Å². The minimum absolute atomic E-state index is 0.141. The molecule has 2 aromatic rings. The molecule has 0 bridgehead atoms. The summed E-state index contributed by atoms with van der Waals surface area (Å²) < 4.78 is 4.97. The van der Waals surface area contributed by atoms with Crippen molar-refractivity contribution in [3.05, 3.63) is 41.9 Å². The minimum atomic E-state index is -0.141. The van der Waals surface area contributed by atoms with Crippen molar-refractivity contribution in [1.82, 2.24) is 9.97 Å². The van der Waals surface area contributed by atoms with Crippen molar-refractivity contribution in [2.75, 3.05) is 36.2 Å². The molecule has 1 aliphatic heterocycles. The predicted molar refractivity (Wildman–Crippen MR) is 109 cm³/mol. The quantitative estimate of drug-likeness (QED) is 0.573. The van der Waals surface area contributed by atoms with Crippen LogP contribution in [0.25, 0.3) is 0 Å². The summed E-state index contributed by atoms with van der Waals surface area (Å²) in [7, 11) is 2.07. The van der Waals surface area contributed by atoms with E-state index >= 15 is 0 Å².